The van der Waals surface area contributed by atoms with E-state index in [-0.39, 0.29) is 18.2 Å². The maximum atomic E-state index is 13.5. The van der Waals surface area contributed by atoms with Crippen LogP contribution in [0, 0.1) is 6.92 Å². The van der Waals surface area contributed by atoms with Crippen molar-refractivity contribution < 1.29 is 19.1 Å². The van der Waals surface area contributed by atoms with E-state index in [0.29, 0.717) is 40.7 Å². The molecule has 0 aliphatic rings. The van der Waals surface area contributed by atoms with Gasteiger partial charge in [0.05, 0.1) is 25.6 Å². The summed E-state index contributed by atoms with van der Waals surface area (Å²) in [6, 6.07) is 26.2. The Bertz CT molecular complexity index is 1630. The average Bonchev–Trinajstić information content (AvgIpc) is 3.21. The Kier molecular flexibility index (Phi) is 7.33. The first-order chi connectivity index (χ1) is 18.5. The molecule has 5 aromatic rings. The van der Waals surface area contributed by atoms with Crippen molar-refractivity contribution in [1.82, 2.24) is 9.88 Å². The minimum absolute atomic E-state index is 0.116. The normalized spacial score (nSPS) is 11.0. The van der Waals surface area contributed by atoms with Crippen molar-refractivity contribution >= 4 is 45.1 Å². The number of halogens is 1. The van der Waals surface area contributed by atoms with Gasteiger partial charge in [-0.15, -0.1) is 0 Å². The second kappa shape index (κ2) is 11.0. The molecule has 38 heavy (non-hydrogen) atoms. The van der Waals surface area contributed by atoms with E-state index >= 15 is 0 Å². The number of amides is 1. The number of ether oxygens (including phenoxy) is 2. The van der Waals surface area contributed by atoms with Crippen LogP contribution in [0.15, 0.2) is 84.9 Å². The number of hydrogen-bond acceptors (Lipinski definition) is 4. The molecule has 0 saturated carbocycles. The lowest BCUT2D eigenvalue weighted by Crippen LogP contribution is -2.29. The molecule has 0 radical (unpaired) electrons. The zero-order chi connectivity index (χ0) is 26.6. The number of nitrogens with zero attached hydrogens (tertiary/aromatic N) is 1. The van der Waals surface area contributed by atoms with E-state index in [4.69, 9.17) is 21.1 Å². The van der Waals surface area contributed by atoms with E-state index in [1.807, 2.05) is 67.6 Å². The Hall–Kier alpha value is -4.29. The second-order valence-electron chi connectivity index (χ2n) is 8.95. The Morgan fingerprint density at radius 2 is 1.68 bits per heavy atom. The van der Waals surface area contributed by atoms with Crippen LogP contribution in [0.25, 0.3) is 21.7 Å². The molecule has 0 bridgehead atoms. The molecule has 0 saturated heterocycles. The van der Waals surface area contributed by atoms with Gasteiger partial charge in [0.25, 0.3) is 5.91 Å². The molecule has 0 aliphatic carbocycles. The molecule has 4 aromatic carbocycles. The lowest BCUT2D eigenvalue weighted by molar-refractivity contribution is -0.120. The van der Waals surface area contributed by atoms with E-state index in [2.05, 4.69) is 5.32 Å². The van der Waals surface area contributed by atoms with Gasteiger partial charge in [0, 0.05) is 27.1 Å². The fourth-order valence-electron chi connectivity index (χ4n) is 4.69. The summed E-state index contributed by atoms with van der Waals surface area (Å²) in [6.07, 6.45) is 0.116. The molecule has 0 unspecified atom stereocenters. The van der Waals surface area contributed by atoms with Gasteiger partial charge in [-0.05, 0) is 66.4 Å². The number of benzene rings is 4. The fraction of sp³-hybridized carbons (Fsp3) is 0.161. The zero-order valence-corrected chi connectivity index (χ0v) is 21.9. The van der Waals surface area contributed by atoms with Gasteiger partial charge in [-0.1, -0.05) is 48.0 Å². The zero-order valence-electron chi connectivity index (χ0n) is 21.2. The van der Waals surface area contributed by atoms with Crippen LogP contribution < -0.4 is 14.8 Å². The Morgan fingerprint density at radius 1 is 0.921 bits per heavy atom. The van der Waals surface area contributed by atoms with Gasteiger partial charge in [0.1, 0.15) is 18.1 Å². The minimum Gasteiger partial charge on any atom is -0.497 e. The number of nitrogens with one attached hydrogen (secondary N) is 1. The Morgan fingerprint density at radius 3 is 2.47 bits per heavy atom. The van der Waals surface area contributed by atoms with Crippen molar-refractivity contribution in [3.05, 3.63) is 107 Å². The Labute approximate surface area is 225 Å². The first kappa shape index (κ1) is 25.4. The standard InChI is InChI=1S/C31H27ClN2O4/c1-20-26(19-30(35)33-16-17-38-29-9-5-7-21-6-3-4-8-25(21)29)27-18-24(37-2)14-15-28(27)34(20)31(36)22-10-12-23(32)13-11-22/h3-15,18H,16-17,19H2,1-2H3,(H,33,35). The third-order valence-electron chi connectivity index (χ3n) is 6.60. The van der Waals surface area contributed by atoms with Crippen molar-refractivity contribution in [2.75, 3.05) is 20.3 Å². The van der Waals surface area contributed by atoms with Gasteiger partial charge in [-0.25, -0.2) is 0 Å². The van der Waals surface area contributed by atoms with Crippen LogP contribution in [0.1, 0.15) is 21.6 Å². The molecule has 0 fully saturated rings. The van der Waals surface area contributed by atoms with Crippen molar-refractivity contribution in [3.8, 4) is 11.5 Å². The molecule has 0 spiro atoms. The molecule has 7 heteroatoms. The molecule has 1 aromatic heterocycles. The third-order valence-corrected chi connectivity index (χ3v) is 6.86. The largest absolute Gasteiger partial charge is 0.497 e. The highest BCUT2D eigenvalue weighted by molar-refractivity contribution is 6.30. The second-order valence-corrected chi connectivity index (χ2v) is 9.38. The van der Waals surface area contributed by atoms with Crippen molar-refractivity contribution in [2.45, 2.75) is 13.3 Å². The van der Waals surface area contributed by atoms with E-state index in [1.54, 1.807) is 35.9 Å². The molecular weight excluding hydrogens is 500 g/mol. The summed E-state index contributed by atoms with van der Waals surface area (Å²) in [4.78, 5) is 26.4. The smallest absolute Gasteiger partial charge is 0.262 e. The molecule has 1 N–H and O–H groups in total. The monoisotopic (exact) mass is 526 g/mol. The summed E-state index contributed by atoms with van der Waals surface area (Å²) in [6.45, 7) is 2.54. The number of carbonyl (C=O) groups excluding carboxylic acids is 2. The van der Waals surface area contributed by atoms with Crippen molar-refractivity contribution in [1.29, 1.82) is 0 Å². The number of carbonyl (C=O) groups is 2. The topological polar surface area (TPSA) is 69.6 Å². The molecule has 5 rings (SSSR count). The molecule has 1 amide bonds. The summed E-state index contributed by atoms with van der Waals surface area (Å²) >= 11 is 6.01. The Balaban J connectivity index is 1.33. The van der Waals surface area contributed by atoms with Crippen LogP contribution in [0.4, 0.5) is 0 Å². The third kappa shape index (κ3) is 5.08. The first-order valence-electron chi connectivity index (χ1n) is 12.3. The number of hydrogen-bond donors (Lipinski definition) is 1. The predicted molar refractivity (Wildman–Crippen MR) is 151 cm³/mol. The average molecular weight is 527 g/mol. The minimum atomic E-state index is -0.190. The van der Waals surface area contributed by atoms with E-state index in [1.165, 1.54) is 0 Å². The number of methoxy groups -OCH3 is 1. The lowest BCUT2D eigenvalue weighted by atomic mass is 10.1. The van der Waals surface area contributed by atoms with E-state index in [0.717, 1.165) is 27.5 Å². The van der Waals surface area contributed by atoms with Gasteiger partial charge in [0.15, 0.2) is 0 Å². The van der Waals surface area contributed by atoms with E-state index < -0.39 is 0 Å². The van der Waals surface area contributed by atoms with E-state index in [9.17, 15) is 9.59 Å². The van der Waals surface area contributed by atoms with Gasteiger partial charge < -0.3 is 14.8 Å². The molecule has 1 heterocycles. The summed E-state index contributed by atoms with van der Waals surface area (Å²) in [5.41, 5.74) is 2.70. The van der Waals surface area contributed by atoms with Crippen LogP contribution in [0.2, 0.25) is 5.02 Å². The summed E-state index contributed by atoms with van der Waals surface area (Å²) in [7, 11) is 1.59. The molecule has 0 aliphatic heterocycles. The number of fused-ring (bicyclic) bond motifs is 2. The highest BCUT2D eigenvalue weighted by Gasteiger charge is 2.22. The fourth-order valence-corrected chi connectivity index (χ4v) is 4.82. The van der Waals surface area contributed by atoms with Gasteiger partial charge in [0.2, 0.25) is 5.91 Å². The lowest BCUT2D eigenvalue weighted by Gasteiger charge is -2.11. The quantitative estimate of drug-likeness (QED) is 0.245. The first-order valence-corrected chi connectivity index (χ1v) is 12.7. The van der Waals surface area contributed by atoms with Crippen molar-refractivity contribution in [3.63, 3.8) is 0 Å². The maximum absolute atomic E-state index is 13.5. The summed E-state index contributed by atoms with van der Waals surface area (Å²) in [5.74, 6) is 1.09. The SMILES string of the molecule is COc1ccc2c(c1)c(CC(=O)NCCOc1cccc3ccccc13)c(C)n2C(=O)c1ccc(Cl)cc1. The highest BCUT2D eigenvalue weighted by Crippen LogP contribution is 2.31. The van der Waals surface area contributed by atoms with Gasteiger partial charge in [-0.3, -0.25) is 14.2 Å². The summed E-state index contributed by atoms with van der Waals surface area (Å²) < 4.78 is 13.0. The molecule has 6 nitrogen and oxygen atoms in total. The van der Waals surface area contributed by atoms with Gasteiger partial charge >= 0.3 is 0 Å². The molecular formula is C31H27ClN2O4. The van der Waals surface area contributed by atoms with Crippen LogP contribution in [-0.2, 0) is 11.2 Å². The van der Waals surface area contributed by atoms with Crippen LogP contribution >= 0.6 is 11.6 Å². The van der Waals surface area contributed by atoms with Crippen LogP contribution in [-0.4, -0.2) is 36.6 Å². The molecule has 192 valence electrons. The summed E-state index contributed by atoms with van der Waals surface area (Å²) in [5, 5.41) is 6.43. The van der Waals surface area contributed by atoms with Crippen LogP contribution in [0.5, 0.6) is 11.5 Å². The highest BCUT2D eigenvalue weighted by atomic mass is 35.5. The van der Waals surface area contributed by atoms with Gasteiger partial charge in [-0.2, -0.15) is 0 Å². The van der Waals surface area contributed by atoms with Crippen LogP contribution in [0.3, 0.4) is 0 Å². The molecule has 0 atom stereocenters. The number of aromatic nitrogens is 1. The number of rotatable bonds is 8. The predicted octanol–water partition coefficient (Wildman–Crippen LogP) is 6.19. The van der Waals surface area contributed by atoms with Crippen molar-refractivity contribution in [2.24, 2.45) is 0 Å². The maximum Gasteiger partial charge on any atom is 0.262 e.